The van der Waals surface area contributed by atoms with Crippen molar-refractivity contribution in [1.29, 1.82) is 0 Å². The van der Waals surface area contributed by atoms with Crippen LogP contribution < -0.4 is 15.0 Å². The van der Waals surface area contributed by atoms with Crippen LogP contribution in [0.5, 0.6) is 5.75 Å². The van der Waals surface area contributed by atoms with E-state index in [0.717, 1.165) is 50.1 Å². The highest BCUT2D eigenvalue weighted by molar-refractivity contribution is 7.89. The summed E-state index contributed by atoms with van der Waals surface area (Å²) in [6.45, 7) is 9.13. The first-order valence-corrected chi connectivity index (χ1v) is 11.9. The molecule has 0 spiro atoms. The molecule has 2 rings (SSSR count). The van der Waals surface area contributed by atoms with Crippen molar-refractivity contribution in [3.63, 3.8) is 0 Å². The van der Waals surface area contributed by atoms with E-state index in [4.69, 9.17) is 9.73 Å². The molecule has 0 unspecified atom stereocenters. The summed E-state index contributed by atoms with van der Waals surface area (Å²) < 4.78 is 30.6. The van der Waals surface area contributed by atoms with Gasteiger partial charge >= 0.3 is 0 Å². The fourth-order valence-corrected chi connectivity index (χ4v) is 4.16. The Labute approximate surface area is 175 Å². The van der Waals surface area contributed by atoms with Crippen molar-refractivity contribution in [1.82, 2.24) is 14.5 Å². The van der Waals surface area contributed by atoms with Gasteiger partial charge in [-0.1, -0.05) is 12.1 Å². The van der Waals surface area contributed by atoms with Gasteiger partial charge in [-0.2, -0.15) is 0 Å². The largest absolute Gasteiger partial charge is 0.495 e. The lowest BCUT2D eigenvalue weighted by atomic mass is 10.2. The zero-order chi connectivity index (χ0) is 21.3. The minimum atomic E-state index is -3.12. The third kappa shape index (κ3) is 6.50. The molecule has 0 aliphatic carbocycles. The molecule has 8 nitrogen and oxygen atoms in total. The molecule has 1 fully saturated rings. The van der Waals surface area contributed by atoms with Gasteiger partial charge in [-0.05, 0) is 32.4 Å². The van der Waals surface area contributed by atoms with E-state index in [1.165, 1.54) is 4.31 Å². The molecule has 1 aliphatic rings. The Morgan fingerprint density at radius 1 is 1.21 bits per heavy atom. The average molecular weight is 426 g/mol. The van der Waals surface area contributed by atoms with E-state index >= 15 is 0 Å². The molecule has 0 aromatic heterocycles. The Kier molecular flexibility index (Phi) is 9.03. The number of nitrogens with zero attached hydrogens (tertiary/aromatic N) is 4. The molecular formula is C20H35N5O3S. The van der Waals surface area contributed by atoms with E-state index in [0.29, 0.717) is 19.5 Å². The van der Waals surface area contributed by atoms with Crippen LogP contribution in [0.2, 0.25) is 0 Å². The fraction of sp³-hybridized carbons (Fsp3) is 0.650. The van der Waals surface area contributed by atoms with E-state index in [9.17, 15) is 8.42 Å². The zero-order valence-electron chi connectivity index (χ0n) is 18.1. The molecule has 1 heterocycles. The van der Waals surface area contributed by atoms with Crippen molar-refractivity contribution >= 4 is 21.7 Å². The summed E-state index contributed by atoms with van der Waals surface area (Å²) in [6.07, 6.45) is 0.700. The molecule has 1 saturated heterocycles. The molecular weight excluding hydrogens is 390 g/mol. The molecule has 1 N–H and O–H groups in total. The molecule has 164 valence electrons. The van der Waals surface area contributed by atoms with Crippen LogP contribution in [0.25, 0.3) is 0 Å². The van der Waals surface area contributed by atoms with E-state index in [-0.39, 0.29) is 5.75 Å². The van der Waals surface area contributed by atoms with E-state index in [2.05, 4.69) is 28.1 Å². The topological polar surface area (TPSA) is 77.5 Å². The van der Waals surface area contributed by atoms with Crippen molar-refractivity contribution in [3.05, 3.63) is 24.3 Å². The van der Waals surface area contributed by atoms with Gasteiger partial charge in [0.05, 0.1) is 18.6 Å². The second-order valence-electron chi connectivity index (χ2n) is 6.96. The Balaban J connectivity index is 1.90. The van der Waals surface area contributed by atoms with Crippen molar-refractivity contribution < 1.29 is 13.2 Å². The number of hydrogen-bond donors (Lipinski definition) is 1. The maximum atomic E-state index is 11.8. The molecule has 0 saturated carbocycles. The first-order chi connectivity index (χ1) is 13.9. The highest BCUT2D eigenvalue weighted by Gasteiger charge is 2.21. The lowest BCUT2D eigenvalue weighted by Crippen LogP contribution is -2.52. The van der Waals surface area contributed by atoms with Crippen molar-refractivity contribution in [2.45, 2.75) is 20.3 Å². The lowest BCUT2D eigenvalue weighted by molar-refractivity contribution is 0.366. The number of para-hydroxylation sites is 2. The van der Waals surface area contributed by atoms with Crippen molar-refractivity contribution in [3.8, 4) is 5.75 Å². The number of methoxy groups -OCH3 is 1. The number of guanidine groups is 1. The second kappa shape index (κ2) is 11.3. The lowest BCUT2D eigenvalue weighted by Gasteiger charge is -2.38. The van der Waals surface area contributed by atoms with Crippen LogP contribution in [0.15, 0.2) is 29.3 Å². The summed E-state index contributed by atoms with van der Waals surface area (Å²) in [6, 6.07) is 8.10. The number of hydrogen-bond acceptors (Lipinski definition) is 5. The Bertz CT molecular complexity index is 761. The third-order valence-electron chi connectivity index (χ3n) is 5.07. The molecule has 29 heavy (non-hydrogen) atoms. The van der Waals surface area contributed by atoms with Gasteiger partial charge in [0.25, 0.3) is 0 Å². The number of ether oxygens (including phenoxy) is 1. The summed E-state index contributed by atoms with van der Waals surface area (Å²) >= 11 is 0. The van der Waals surface area contributed by atoms with Gasteiger partial charge in [-0.15, -0.1) is 0 Å². The molecule has 0 radical (unpaired) electrons. The molecule has 1 aromatic rings. The van der Waals surface area contributed by atoms with Crippen molar-refractivity contribution in [2.75, 3.05) is 70.6 Å². The van der Waals surface area contributed by atoms with Crippen LogP contribution in [-0.4, -0.2) is 89.3 Å². The average Bonchev–Trinajstić information content (AvgIpc) is 2.75. The van der Waals surface area contributed by atoms with Crippen LogP contribution in [0.3, 0.4) is 0 Å². The quantitative estimate of drug-likeness (QED) is 0.367. The van der Waals surface area contributed by atoms with Gasteiger partial charge < -0.3 is 19.9 Å². The minimum Gasteiger partial charge on any atom is -0.495 e. The molecule has 1 aromatic carbocycles. The van der Waals surface area contributed by atoms with Crippen LogP contribution in [0, 0.1) is 0 Å². The third-order valence-corrected chi connectivity index (χ3v) is 6.93. The van der Waals surface area contributed by atoms with E-state index in [1.54, 1.807) is 21.1 Å². The minimum absolute atomic E-state index is 0.131. The van der Waals surface area contributed by atoms with Crippen LogP contribution in [-0.2, 0) is 10.0 Å². The summed E-state index contributed by atoms with van der Waals surface area (Å²) in [5.74, 6) is 1.92. The Hall–Kier alpha value is -2.00. The standard InChI is InChI=1S/C20H35N5O3S/c1-5-21-20(22-12-9-13-23(3)29(26,27)6-2)25-16-14-24(15-17-25)18-10-7-8-11-19(18)28-4/h7-8,10-11H,5-6,9,12-17H2,1-4H3,(H,21,22). The monoisotopic (exact) mass is 425 g/mol. The maximum absolute atomic E-state index is 11.8. The number of piperazine rings is 1. The van der Waals surface area contributed by atoms with Gasteiger partial charge in [0.1, 0.15) is 5.75 Å². The van der Waals surface area contributed by atoms with Gasteiger partial charge in [-0.3, -0.25) is 4.99 Å². The predicted octanol–water partition coefficient (Wildman–Crippen LogP) is 1.45. The number of rotatable bonds is 9. The summed E-state index contributed by atoms with van der Waals surface area (Å²) in [4.78, 5) is 9.32. The molecule has 0 bridgehead atoms. The highest BCUT2D eigenvalue weighted by Crippen LogP contribution is 2.28. The van der Waals surface area contributed by atoms with Gasteiger partial charge in [0.2, 0.25) is 10.0 Å². The fourth-order valence-electron chi connectivity index (χ4n) is 3.31. The Morgan fingerprint density at radius 2 is 1.90 bits per heavy atom. The smallest absolute Gasteiger partial charge is 0.213 e. The summed E-state index contributed by atoms with van der Waals surface area (Å²) in [5.41, 5.74) is 1.12. The van der Waals surface area contributed by atoms with Gasteiger partial charge in [-0.25, -0.2) is 12.7 Å². The van der Waals surface area contributed by atoms with Crippen LogP contribution in [0.1, 0.15) is 20.3 Å². The first kappa shape index (κ1) is 23.3. The Morgan fingerprint density at radius 3 is 2.52 bits per heavy atom. The SMILES string of the molecule is CCNC(=NCCCN(C)S(=O)(=O)CC)N1CCN(c2ccccc2OC)CC1. The van der Waals surface area contributed by atoms with Crippen LogP contribution >= 0.6 is 0 Å². The zero-order valence-corrected chi connectivity index (χ0v) is 18.9. The number of sulfonamides is 1. The predicted molar refractivity (Wildman–Crippen MR) is 119 cm³/mol. The maximum Gasteiger partial charge on any atom is 0.213 e. The first-order valence-electron chi connectivity index (χ1n) is 10.3. The summed E-state index contributed by atoms with van der Waals surface area (Å²) in [5, 5.41) is 3.36. The highest BCUT2D eigenvalue weighted by atomic mass is 32.2. The van der Waals surface area contributed by atoms with E-state index < -0.39 is 10.0 Å². The molecule has 0 amide bonds. The van der Waals surface area contributed by atoms with Gasteiger partial charge in [0.15, 0.2) is 5.96 Å². The number of anilines is 1. The molecule has 0 atom stereocenters. The van der Waals surface area contributed by atoms with Gasteiger partial charge in [0, 0.05) is 52.9 Å². The van der Waals surface area contributed by atoms with Crippen LogP contribution in [0.4, 0.5) is 5.69 Å². The molecule has 9 heteroatoms. The normalized spacial score (nSPS) is 15.7. The number of nitrogens with one attached hydrogen (secondary N) is 1. The second-order valence-corrected chi connectivity index (χ2v) is 9.32. The molecule has 1 aliphatic heterocycles. The number of aliphatic imine (C=N–C) groups is 1. The number of benzene rings is 1. The van der Waals surface area contributed by atoms with E-state index in [1.807, 2.05) is 18.2 Å². The summed E-state index contributed by atoms with van der Waals surface area (Å²) in [7, 11) is 0.208. The van der Waals surface area contributed by atoms with Crippen molar-refractivity contribution in [2.24, 2.45) is 4.99 Å².